The highest BCUT2D eigenvalue weighted by atomic mass is 127. The van der Waals surface area contributed by atoms with E-state index in [2.05, 4.69) is 29.4 Å². The van der Waals surface area contributed by atoms with Gasteiger partial charge in [0.05, 0.1) is 0 Å². The van der Waals surface area contributed by atoms with Crippen molar-refractivity contribution in [1.29, 1.82) is 0 Å². The van der Waals surface area contributed by atoms with E-state index >= 15 is 0 Å². The van der Waals surface area contributed by atoms with Crippen LogP contribution in [0, 0.1) is 12.7 Å². The summed E-state index contributed by atoms with van der Waals surface area (Å²) in [6.07, 6.45) is 3.48. The maximum Gasteiger partial charge on any atom is 0.191 e. The van der Waals surface area contributed by atoms with Gasteiger partial charge in [0, 0.05) is 36.6 Å². The Balaban J connectivity index is 0.00000280. The molecule has 1 aromatic carbocycles. The van der Waals surface area contributed by atoms with E-state index in [0.29, 0.717) is 18.2 Å². The lowest BCUT2D eigenvalue weighted by molar-refractivity contribution is 0.206. The molecule has 2 N–H and O–H groups in total. The highest BCUT2D eigenvalue weighted by molar-refractivity contribution is 14.0. The predicted octanol–water partition coefficient (Wildman–Crippen LogP) is 4.43. The van der Waals surface area contributed by atoms with Crippen molar-refractivity contribution in [1.82, 2.24) is 15.5 Å². The zero-order chi connectivity index (χ0) is 19.2. The molecule has 0 aliphatic carbocycles. The van der Waals surface area contributed by atoms with E-state index in [1.165, 1.54) is 25.1 Å². The molecule has 156 valence electrons. The minimum absolute atomic E-state index is 0. The summed E-state index contributed by atoms with van der Waals surface area (Å²) in [4.78, 5) is 7.23. The average Bonchev–Trinajstić information content (AvgIpc) is 2.97. The van der Waals surface area contributed by atoms with Crippen LogP contribution < -0.4 is 10.6 Å². The van der Waals surface area contributed by atoms with Gasteiger partial charge in [0.2, 0.25) is 0 Å². The van der Waals surface area contributed by atoms with Gasteiger partial charge in [-0.2, -0.15) is 0 Å². The molecule has 7 heteroatoms. The highest BCUT2D eigenvalue weighted by Gasteiger charge is 2.19. The first-order valence-electron chi connectivity index (χ1n) is 10.1. The van der Waals surface area contributed by atoms with Crippen molar-refractivity contribution >= 4 is 40.9 Å². The molecule has 1 aliphatic heterocycles. The number of aliphatic imine (C=N–C) groups is 1. The molecule has 3 rings (SSSR count). The first-order valence-corrected chi connectivity index (χ1v) is 10.1. The zero-order valence-corrected chi connectivity index (χ0v) is 19.4. The number of aryl methyl sites for hydroxylation is 1. The van der Waals surface area contributed by atoms with Gasteiger partial charge >= 0.3 is 0 Å². The number of piperidine rings is 1. The summed E-state index contributed by atoms with van der Waals surface area (Å²) in [5.41, 5.74) is 1.66. The molecular weight excluding hydrogens is 470 g/mol. The van der Waals surface area contributed by atoms with Crippen molar-refractivity contribution in [2.75, 3.05) is 26.2 Å². The lowest BCUT2D eigenvalue weighted by Gasteiger charge is -2.32. The van der Waals surface area contributed by atoms with Gasteiger partial charge in [-0.1, -0.05) is 6.92 Å². The van der Waals surface area contributed by atoms with Crippen LogP contribution in [0.1, 0.15) is 44.4 Å². The van der Waals surface area contributed by atoms with Gasteiger partial charge in [0.1, 0.15) is 23.7 Å². The van der Waals surface area contributed by atoms with Crippen molar-refractivity contribution in [3.05, 3.63) is 35.3 Å². The molecule has 28 heavy (non-hydrogen) atoms. The van der Waals surface area contributed by atoms with Crippen LogP contribution >= 0.6 is 24.0 Å². The predicted molar refractivity (Wildman–Crippen MR) is 124 cm³/mol. The molecule has 0 unspecified atom stereocenters. The Morgan fingerprint density at radius 3 is 2.71 bits per heavy atom. The van der Waals surface area contributed by atoms with E-state index in [9.17, 15) is 4.39 Å². The maximum atomic E-state index is 13.5. The fourth-order valence-electron chi connectivity index (χ4n) is 3.68. The molecular formula is C21H32FIN4O. The lowest BCUT2D eigenvalue weighted by Crippen LogP contribution is -2.48. The Hall–Kier alpha value is -1.35. The summed E-state index contributed by atoms with van der Waals surface area (Å²) >= 11 is 0. The molecule has 1 saturated heterocycles. The van der Waals surface area contributed by atoms with Crippen LogP contribution in [-0.2, 0) is 6.54 Å². The Morgan fingerprint density at radius 2 is 2.04 bits per heavy atom. The molecule has 0 bridgehead atoms. The number of guanidine groups is 1. The number of fused-ring (bicyclic) bond motifs is 1. The third kappa shape index (κ3) is 5.83. The van der Waals surface area contributed by atoms with E-state index in [1.807, 2.05) is 6.92 Å². The molecule has 1 aliphatic rings. The van der Waals surface area contributed by atoms with Crippen molar-refractivity contribution in [3.8, 4) is 0 Å². The minimum atomic E-state index is -0.245. The second kappa shape index (κ2) is 11.0. The Morgan fingerprint density at radius 1 is 1.29 bits per heavy atom. The number of hydrogen-bond acceptors (Lipinski definition) is 3. The smallest absolute Gasteiger partial charge is 0.191 e. The van der Waals surface area contributed by atoms with Crippen LogP contribution in [0.3, 0.4) is 0 Å². The van der Waals surface area contributed by atoms with Crippen LogP contribution in [0.4, 0.5) is 4.39 Å². The Bertz CT molecular complexity index is 784. The summed E-state index contributed by atoms with van der Waals surface area (Å²) in [5.74, 6) is 1.36. The standard InChI is InChI=1S/C21H31FN4O.HI/c1-4-10-26-11-8-17(9-12-26)25-21(23-5-2)24-14-20-15(3)18-13-16(22)6-7-19(18)27-20;/h6-7,13,17H,4-5,8-12,14H2,1-3H3,(H2,23,24,25);1H. The molecule has 0 amide bonds. The number of nitrogens with one attached hydrogen (secondary N) is 2. The summed E-state index contributed by atoms with van der Waals surface area (Å²) in [7, 11) is 0. The van der Waals surface area contributed by atoms with Crippen molar-refractivity contribution in [3.63, 3.8) is 0 Å². The number of hydrogen-bond donors (Lipinski definition) is 2. The molecule has 5 nitrogen and oxygen atoms in total. The zero-order valence-electron chi connectivity index (χ0n) is 17.1. The topological polar surface area (TPSA) is 52.8 Å². The van der Waals surface area contributed by atoms with Gasteiger partial charge in [-0.3, -0.25) is 0 Å². The summed E-state index contributed by atoms with van der Waals surface area (Å²) in [5, 5.41) is 7.71. The van der Waals surface area contributed by atoms with Gasteiger partial charge in [-0.05, 0) is 57.9 Å². The molecule has 0 spiro atoms. The highest BCUT2D eigenvalue weighted by Crippen LogP contribution is 2.26. The van der Waals surface area contributed by atoms with E-state index in [0.717, 1.165) is 55.1 Å². The molecule has 2 aromatic rings. The van der Waals surface area contributed by atoms with Crippen molar-refractivity contribution < 1.29 is 8.81 Å². The summed E-state index contributed by atoms with van der Waals surface area (Å²) < 4.78 is 19.4. The van der Waals surface area contributed by atoms with Gasteiger partial charge < -0.3 is 20.0 Å². The number of nitrogens with zero attached hydrogens (tertiary/aromatic N) is 2. The number of rotatable bonds is 6. The second-order valence-corrected chi connectivity index (χ2v) is 7.25. The average molecular weight is 502 g/mol. The number of halogens is 2. The molecule has 0 atom stereocenters. The van der Waals surface area contributed by atoms with Gasteiger partial charge in [-0.25, -0.2) is 9.38 Å². The molecule has 1 aromatic heterocycles. The number of likely N-dealkylation sites (tertiary alicyclic amines) is 1. The quantitative estimate of drug-likeness (QED) is 0.349. The van der Waals surface area contributed by atoms with Crippen molar-refractivity contribution in [2.24, 2.45) is 4.99 Å². The number of benzene rings is 1. The Labute approximate surface area is 184 Å². The fraction of sp³-hybridized carbons (Fsp3) is 0.571. The van der Waals surface area contributed by atoms with E-state index in [-0.39, 0.29) is 29.8 Å². The maximum absolute atomic E-state index is 13.5. The lowest BCUT2D eigenvalue weighted by atomic mass is 10.1. The van der Waals surface area contributed by atoms with E-state index in [4.69, 9.17) is 9.41 Å². The normalized spacial score (nSPS) is 16.2. The van der Waals surface area contributed by atoms with Crippen molar-refractivity contribution in [2.45, 2.75) is 52.6 Å². The van der Waals surface area contributed by atoms with E-state index in [1.54, 1.807) is 6.07 Å². The first-order chi connectivity index (χ1) is 13.1. The number of furan rings is 1. The largest absolute Gasteiger partial charge is 0.459 e. The van der Waals surface area contributed by atoms with Crippen LogP contribution in [-0.4, -0.2) is 43.1 Å². The van der Waals surface area contributed by atoms with Gasteiger partial charge in [-0.15, -0.1) is 24.0 Å². The van der Waals surface area contributed by atoms with Crippen LogP contribution in [0.15, 0.2) is 27.6 Å². The van der Waals surface area contributed by atoms with Crippen LogP contribution in [0.5, 0.6) is 0 Å². The summed E-state index contributed by atoms with van der Waals surface area (Å²) in [6, 6.07) is 5.07. The second-order valence-electron chi connectivity index (χ2n) is 7.25. The molecule has 1 fully saturated rings. The van der Waals surface area contributed by atoms with Crippen LogP contribution in [0.2, 0.25) is 0 Å². The van der Waals surface area contributed by atoms with Crippen LogP contribution in [0.25, 0.3) is 11.0 Å². The molecule has 2 heterocycles. The van der Waals surface area contributed by atoms with E-state index < -0.39 is 0 Å². The minimum Gasteiger partial charge on any atom is -0.459 e. The molecule has 0 radical (unpaired) electrons. The fourth-order valence-corrected chi connectivity index (χ4v) is 3.68. The third-order valence-electron chi connectivity index (χ3n) is 5.19. The summed E-state index contributed by atoms with van der Waals surface area (Å²) in [6.45, 7) is 11.0. The SMILES string of the molecule is CCCN1CCC(NC(=NCc2oc3ccc(F)cc3c2C)NCC)CC1.I. The Kier molecular flexibility index (Phi) is 9.01. The third-order valence-corrected chi connectivity index (χ3v) is 5.19. The monoisotopic (exact) mass is 502 g/mol. The van der Waals surface area contributed by atoms with Gasteiger partial charge in [0.15, 0.2) is 5.96 Å². The van der Waals surface area contributed by atoms with Gasteiger partial charge in [0.25, 0.3) is 0 Å². The molecule has 0 saturated carbocycles. The first kappa shape index (κ1) is 22.9.